The molecule has 1 aliphatic rings. The summed E-state index contributed by atoms with van der Waals surface area (Å²) in [5.74, 6) is -1.23. The molecule has 6 nitrogen and oxygen atoms in total. The Morgan fingerprint density at radius 1 is 1.42 bits per heavy atom. The molecule has 0 radical (unpaired) electrons. The van der Waals surface area contributed by atoms with Gasteiger partial charge in [-0.3, -0.25) is 9.48 Å². The lowest BCUT2D eigenvalue weighted by Crippen LogP contribution is -2.22. The van der Waals surface area contributed by atoms with Crippen LogP contribution in [0.2, 0.25) is 5.02 Å². The van der Waals surface area contributed by atoms with Crippen LogP contribution in [0.15, 0.2) is 36.7 Å². The fourth-order valence-electron chi connectivity index (χ4n) is 2.69. The molecule has 0 aliphatic heterocycles. The monoisotopic (exact) mass is 348 g/mol. The van der Waals surface area contributed by atoms with Crippen molar-refractivity contribution < 1.29 is 19.1 Å². The number of ether oxygens (including phenoxy) is 2. The van der Waals surface area contributed by atoms with Gasteiger partial charge in [-0.25, -0.2) is 4.79 Å². The molecule has 0 bridgehead atoms. The number of hydrogen-bond donors (Lipinski definition) is 0. The van der Waals surface area contributed by atoms with Gasteiger partial charge in [0.15, 0.2) is 0 Å². The topological polar surface area (TPSA) is 70.4 Å². The number of esters is 2. The second-order valence-corrected chi connectivity index (χ2v) is 6.23. The molecule has 0 unspecified atom stereocenters. The van der Waals surface area contributed by atoms with Crippen LogP contribution >= 0.6 is 11.6 Å². The molecule has 126 valence electrons. The normalized spacial score (nSPS) is 20.3. The second-order valence-electron chi connectivity index (χ2n) is 5.79. The number of benzene rings is 1. The van der Waals surface area contributed by atoms with Crippen molar-refractivity contribution in [2.75, 3.05) is 7.11 Å². The summed E-state index contributed by atoms with van der Waals surface area (Å²) in [5, 5.41) is 4.56. The van der Waals surface area contributed by atoms with E-state index in [1.807, 2.05) is 13.2 Å². The van der Waals surface area contributed by atoms with E-state index >= 15 is 0 Å². The van der Waals surface area contributed by atoms with Crippen molar-refractivity contribution in [1.29, 1.82) is 0 Å². The van der Waals surface area contributed by atoms with E-state index in [1.54, 1.807) is 35.1 Å². The van der Waals surface area contributed by atoms with Gasteiger partial charge in [-0.15, -0.1) is 0 Å². The Hall–Kier alpha value is -2.34. The number of rotatable bonds is 5. The number of nitrogens with zero attached hydrogens (tertiary/aromatic N) is 2. The summed E-state index contributed by atoms with van der Waals surface area (Å²) in [6, 6.07) is 6.63. The van der Waals surface area contributed by atoms with E-state index in [2.05, 4.69) is 5.10 Å². The number of hydrogen-bond acceptors (Lipinski definition) is 5. The maximum absolute atomic E-state index is 12.4. The standard InChI is InChI=1S/C17H17ClN2O4/c1-20-9-11(8-19-20)13-7-14(13)16(21)24-15(17(22)23-2)10-4-3-5-12(18)6-10/h3-6,8-9,13-15H,7H2,1-2H3/t13-,14+,15-/m1/s1. The molecule has 0 amide bonds. The molecule has 1 fully saturated rings. The van der Waals surface area contributed by atoms with Gasteiger partial charge >= 0.3 is 11.9 Å². The summed E-state index contributed by atoms with van der Waals surface area (Å²) in [6.45, 7) is 0. The SMILES string of the molecule is COC(=O)[C@H](OC(=O)[C@H]1C[C@@H]1c1cnn(C)c1)c1cccc(Cl)c1. The van der Waals surface area contributed by atoms with E-state index in [1.165, 1.54) is 7.11 Å². The van der Waals surface area contributed by atoms with Gasteiger partial charge in [-0.2, -0.15) is 5.10 Å². The lowest BCUT2D eigenvalue weighted by atomic mass is 10.1. The van der Waals surface area contributed by atoms with Gasteiger partial charge in [0.05, 0.1) is 19.2 Å². The van der Waals surface area contributed by atoms with E-state index in [4.69, 9.17) is 21.1 Å². The average Bonchev–Trinajstić information content (AvgIpc) is 3.26. The molecule has 0 saturated heterocycles. The van der Waals surface area contributed by atoms with E-state index in [9.17, 15) is 9.59 Å². The Labute approximate surface area is 144 Å². The molecular weight excluding hydrogens is 332 g/mol. The molecule has 3 rings (SSSR count). The summed E-state index contributed by atoms with van der Waals surface area (Å²) in [6.07, 6.45) is 3.20. The molecule has 24 heavy (non-hydrogen) atoms. The van der Waals surface area contributed by atoms with Crippen LogP contribution in [-0.2, 0) is 26.1 Å². The molecule has 0 N–H and O–H groups in total. The minimum absolute atomic E-state index is 0.0869. The number of halogens is 1. The van der Waals surface area contributed by atoms with Crippen LogP contribution in [0, 0.1) is 5.92 Å². The quantitative estimate of drug-likeness (QED) is 0.777. The van der Waals surface area contributed by atoms with Crippen molar-refractivity contribution in [2.24, 2.45) is 13.0 Å². The lowest BCUT2D eigenvalue weighted by Gasteiger charge is -2.16. The Morgan fingerprint density at radius 2 is 2.21 bits per heavy atom. The molecule has 1 heterocycles. The van der Waals surface area contributed by atoms with Gasteiger partial charge in [0, 0.05) is 29.7 Å². The first-order valence-electron chi connectivity index (χ1n) is 7.52. The van der Waals surface area contributed by atoms with Crippen molar-refractivity contribution in [3.8, 4) is 0 Å². The Bertz CT molecular complexity index is 773. The summed E-state index contributed by atoms with van der Waals surface area (Å²) < 4.78 is 11.9. The molecule has 3 atom stereocenters. The highest BCUT2D eigenvalue weighted by molar-refractivity contribution is 6.30. The fourth-order valence-corrected chi connectivity index (χ4v) is 2.89. The van der Waals surface area contributed by atoms with Gasteiger partial charge in [0.1, 0.15) is 0 Å². The third-order valence-corrected chi connectivity index (χ3v) is 4.28. The van der Waals surface area contributed by atoms with Crippen LogP contribution in [0.25, 0.3) is 0 Å². The minimum Gasteiger partial charge on any atom is -0.466 e. The highest BCUT2D eigenvalue weighted by Crippen LogP contribution is 2.48. The number of aromatic nitrogens is 2. The van der Waals surface area contributed by atoms with Gasteiger partial charge < -0.3 is 9.47 Å². The summed E-state index contributed by atoms with van der Waals surface area (Å²) >= 11 is 5.95. The fraction of sp³-hybridized carbons (Fsp3) is 0.353. The number of carbonyl (C=O) groups is 2. The molecule has 1 aromatic heterocycles. The van der Waals surface area contributed by atoms with Crippen molar-refractivity contribution in [1.82, 2.24) is 9.78 Å². The molecule has 0 spiro atoms. The van der Waals surface area contributed by atoms with Crippen LogP contribution < -0.4 is 0 Å². The van der Waals surface area contributed by atoms with E-state index in [0.29, 0.717) is 17.0 Å². The Kier molecular flexibility index (Phi) is 4.57. The summed E-state index contributed by atoms with van der Waals surface area (Å²) in [5.41, 5.74) is 1.48. The third kappa shape index (κ3) is 3.43. The van der Waals surface area contributed by atoms with Gasteiger partial charge in [-0.05, 0) is 24.1 Å². The van der Waals surface area contributed by atoms with Crippen molar-refractivity contribution in [3.05, 3.63) is 52.8 Å². The van der Waals surface area contributed by atoms with Crippen LogP contribution in [0.3, 0.4) is 0 Å². The van der Waals surface area contributed by atoms with Crippen molar-refractivity contribution >= 4 is 23.5 Å². The Morgan fingerprint density at radius 3 is 2.83 bits per heavy atom. The van der Waals surface area contributed by atoms with E-state index in [-0.39, 0.29) is 11.8 Å². The molecule has 1 aromatic carbocycles. The second kappa shape index (κ2) is 6.65. The zero-order chi connectivity index (χ0) is 17.3. The number of carbonyl (C=O) groups excluding carboxylic acids is 2. The number of methoxy groups -OCH3 is 1. The van der Waals surface area contributed by atoms with E-state index in [0.717, 1.165) is 5.56 Å². The number of aryl methyl sites for hydroxylation is 1. The smallest absolute Gasteiger partial charge is 0.351 e. The first-order valence-corrected chi connectivity index (χ1v) is 7.89. The first kappa shape index (κ1) is 16.5. The highest BCUT2D eigenvalue weighted by Gasteiger charge is 2.47. The van der Waals surface area contributed by atoms with Crippen molar-refractivity contribution in [3.63, 3.8) is 0 Å². The van der Waals surface area contributed by atoms with Gasteiger partial charge in [0.2, 0.25) is 6.10 Å². The average molecular weight is 349 g/mol. The van der Waals surface area contributed by atoms with Gasteiger partial charge in [0.25, 0.3) is 0 Å². The zero-order valence-electron chi connectivity index (χ0n) is 13.3. The predicted molar refractivity (Wildman–Crippen MR) is 86.4 cm³/mol. The maximum atomic E-state index is 12.4. The van der Waals surface area contributed by atoms with Crippen LogP contribution in [0.1, 0.15) is 29.6 Å². The van der Waals surface area contributed by atoms with Gasteiger partial charge in [-0.1, -0.05) is 23.7 Å². The molecule has 1 aliphatic carbocycles. The van der Waals surface area contributed by atoms with Crippen LogP contribution in [-0.4, -0.2) is 28.8 Å². The zero-order valence-corrected chi connectivity index (χ0v) is 14.1. The first-order chi connectivity index (χ1) is 11.5. The third-order valence-electron chi connectivity index (χ3n) is 4.05. The van der Waals surface area contributed by atoms with Crippen LogP contribution in [0.4, 0.5) is 0 Å². The largest absolute Gasteiger partial charge is 0.466 e. The predicted octanol–water partition coefficient (Wildman–Crippen LogP) is 2.63. The summed E-state index contributed by atoms with van der Waals surface area (Å²) in [4.78, 5) is 24.4. The molecule has 7 heteroatoms. The molecule has 2 aromatic rings. The molecular formula is C17H17ClN2O4. The Balaban J connectivity index is 1.71. The minimum atomic E-state index is -1.11. The molecule has 1 saturated carbocycles. The maximum Gasteiger partial charge on any atom is 0.351 e. The van der Waals surface area contributed by atoms with Crippen molar-refractivity contribution in [2.45, 2.75) is 18.4 Å². The highest BCUT2D eigenvalue weighted by atomic mass is 35.5. The summed E-state index contributed by atoms with van der Waals surface area (Å²) in [7, 11) is 3.08. The van der Waals surface area contributed by atoms with Crippen LogP contribution in [0.5, 0.6) is 0 Å². The van der Waals surface area contributed by atoms with E-state index < -0.39 is 18.0 Å². The lowest BCUT2D eigenvalue weighted by molar-refractivity contribution is -0.167.